The molecule has 9 heteroatoms. The van der Waals surface area contributed by atoms with Crippen LogP contribution >= 0.6 is 0 Å². The molecule has 0 fully saturated rings. The number of hydrogen-bond donors (Lipinski definition) is 1. The van der Waals surface area contributed by atoms with Crippen molar-refractivity contribution in [1.29, 1.82) is 0 Å². The van der Waals surface area contributed by atoms with Crippen LogP contribution in [0.2, 0.25) is 0 Å². The molecule has 1 aromatic carbocycles. The number of pyridine rings is 2. The lowest BCUT2D eigenvalue weighted by atomic mass is 10.1. The van der Waals surface area contributed by atoms with Gasteiger partial charge >= 0.3 is 0 Å². The Labute approximate surface area is 191 Å². The van der Waals surface area contributed by atoms with E-state index in [1.54, 1.807) is 47.7 Å². The molecule has 4 aromatic rings. The molecule has 0 radical (unpaired) electrons. The molecule has 0 bridgehead atoms. The van der Waals surface area contributed by atoms with Crippen molar-refractivity contribution in [1.82, 2.24) is 25.1 Å². The number of nitrogens with one attached hydrogen (secondary N) is 1. The summed E-state index contributed by atoms with van der Waals surface area (Å²) >= 11 is 0. The first kappa shape index (κ1) is 22.1. The van der Waals surface area contributed by atoms with Gasteiger partial charge in [0.05, 0.1) is 22.8 Å². The normalized spacial score (nSPS) is 11.5. The van der Waals surface area contributed by atoms with Crippen LogP contribution in [0.1, 0.15) is 11.3 Å². The molecule has 1 amide bonds. The lowest BCUT2D eigenvalue weighted by Gasteiger charge is -2.03. The third-order valence-corrected chi connectivity index (χ3v) is 5.92. The van der Waals surface area contributed by atoms with E-state index in [1.807, 2.05) is 30.3 Å². The molecule has 0 aliphatic heterocycles. The summed E-state index contributed by atoms with van der Waals surface area (Å²) in [6.45, 7) is 0.325. The number of benzene rings is 1. The first-order chi connectivity index (χ1) is 15.9. The van der Waals surface area contributed by atoms with Crippen molar-refractivity contribution >= 4 is 21.8 Å². The minimum atomic E-state index is -3.29. The lowest BCUT2D eigenvalue weighted by molar-refractivity contribution is -0.116. The van der Waals surface area contributed by atoms with Gasteiger partial charge in [-0.3, -0.25) is 14.8 Å². The second-order valence-corrected chi connectivity index (χ2v) is 9.27. The Bertz CT molecular complexity index is 1380. The number of carbonyl (C=O) groups is 1. The van der Waals surface area contributed by atoms with E-state index in [-0.39, 0.29) is 10.8 Å². The minimum Gasteiger partial charge on any atom is -0.347 e. The number of aromatic nitrogens is 4. The Morgan fingerprint density at radius 3 is 2.55 bits per heavy atom. The van der Waals surface area contributed by atoms with Crippen molar-refractivity contribution in [2.75, 3.05) is 6.26 Å². The molecule has 33 heavy (non-hydrogen) atoms. The van der Waals surface area contributed by atoms with Gasteiger partial charge in [0.25, 0.3) is 0 Å². The molecule has 0 saturated carbocycles. The Morgan fingerprint density at radius 1 is 1.06 bits per heavy atom. The van der Waals surface area contributed by atoms with E-state index in [1.165, 1.54) is 18.2 Å². The van der Waals surface area contributed by atoms with Crippen LogP contribution in [0.4, 0.5) is 0 Å². The SMILES string of the molecule is CS(=O)(=O)c1ccc(-n2cc(/C=C/C(=O)NCc3ccccn3)c(-c3cccnc3)n2)cc1. The van der Waals surface area contributed by atoms with Gasteiger partial charge in [0.1, 0.15) is 5.69 Å². The van der Waals surface area contributed by atoms with Crippen LogP contribution in [-0.2, 0) is 21.2 Å². The molecule has 0 spiro atoms. The third kappa shape index (κ3) is 5.58. The fraction of sp³-hybridized carbons (Fsp3) is 0.0833. The fourth-order valence-corrected chi connectivity index (χ4v) is 3.75. The second-order valence-electron chi connectivity index (χ2n) is 7.26. The van der Waals surface area contributed by atoms with Crippen LogP contribution in [-0.4, -0.2) is 40.3 Å². The number of amides is 1. The quantitative estimate of drug-likeness (QED) is 0.426. The molecule has 4 rings (SSSR count). The molecule has 3 aromatic heterocycles. The van der Waals surface area contributed by atoms with Gasteiger partial charge in [-0.2, -0.15) is 5.10 Å². The summed E-state index contributed by atoms with van der Waals surface area (Å²) in [5, 5.41) is 7.45. The highest BCUT2D eigenvalue weighted by atomic mass is 32.2. The molecule has 166 valence electrons. The highest BCUT2D eigenvalue weighted by molar-refractivity contribution is 7.90. The van der Waals surface area contributed by atoms with Crippen molar-refractivity contribution in [3.63, 3.8) is 0 Å². The smallest absolute Gasteiger partial charge is 0.244 e. The van der Waals surface area contributed by atoms with Crippen LogP contribution in [0.5, 0.6) is 0 Å². The first-order valence-corrected chi connectivity index (χ1v) is 12.0. The zero-order chi connectivity index (χ0) is 23.3. The molecule has 8 nitrogen and oxygen atoms in total. The number of sulfone groups is 1. The molecule has 0 aliphatic carbocycles. The third-order valence-electron chi connectivity index (χ3n) is 4.79. The number of hydrogen-bond acceptors (Lipinski definition) is 6. The summed E-state index contributed by atoms with van der Waals surface area (Å²) in [5.74, 6) is -0.261. The molecule has 0 saturated heterocycles. The minimum absolute atomic E-state index is 0.232. The number of nitrogens with zero attached hydrogens (tertiary/aromatic N) is 4. The average Bonchev–Trinajstić information content (AvgIpc) is 3.26. The van der Waals surface area contributed by atoms with Crippen LogP contribution in [0.3, 0.4) is 0 Å². The van der Waals surface area contributed by atoms with Crippen molar-refractivity contribution in [2.45, 2.75) is 11.4 Å². The van der Waals surface area contributed by atoms with Crippen molar-refractivity contribution in [2.24, 2.45) is 0 Å². The molecule has 3 heterocycles. The maximum Gasteiger partial charge on any atom is 0.244 e. The van der Waals surface area contributed by atoms with Gasteiger partial charge in [-0.15, -0.1) is 0 Å². The van der Waals surface area contributed by atoms with E-state index in [4.69, 9.17) is 0 Å². The van der Waals surface area contributed by atoms with Crippen molar-refractivity contribution in [3.8, 4) is 16.9 Å². The zero-order valence-electron chi connectivity index (χ0n) is 17.8. The van der Waals surface area contributed by atoms with Crippen molar-refractivity contribution < 1.29 is 13.2 Å². The van der Waals surface area contributed by atoms with E-state index in [2.05, 4.69) is 20.4 Å². The van der Waals surface area contributed by atoms with Crippen LogP contribution in [0.15, 0.2) is 90.4 Å². The molecule has 0 unspecified atom stereocenters. The Hall–Kier alpha value is -4.11. The van der Waals surface area contributed by atoms with Gasteiger partial charge in [0.15, 0.2) is 9.84 Å². The summed E-state index contributed by atoms with van der Waals surface area (Å²) in [4.78, 5) is 20.9. The van der Waals surface area contributed by atoms with Crippen LogP contribution in [0.25, 0.3) is 23.0 Å². The highest BCUT2D eigenvalue weighted by Crippen LogP contribution is 2.24. The summed E-state index contributed by atoms with van der Waals surface area (Å²) < 4.78 is 25.1. The summed E-state index contributed by atoms with van der Waals surface area (Å²) in [7, 11) is -3.29. The summed E-state index contributed by atoms with van der Waals surface area (Å²) in [6.07, 6.45) is 11.1. The highest BCUT2D eigenvalue weighted by Gasteiger charge is 2.12. The van der Waals surface area contributed by atoms with E-state index in [0.29, 0.717) is 23.5 Å². The zero-order valence-corrected chi connectivity index (χ0v) is 18.6. The summed E-state index contributed by atoms with van der Waals surface area (Å²) in [5.41, 5.74) is 3.59. The molecule has 0 atom stereocenters. The molecule has 0 aliphatic rings. The van der Waals surface area contributed by atoms with E-state index in [9.17, 15) is 13.2 Å². The van der Waals surface area contributed by atoms with Gasteiger partial charge in [-0.25, -0.2) is 13.1 Å². The predicted octanol–water partition coefficient (Wildman–Crippen LogP) is 3.06. The fourth-order valence-electron chi connectivity index (χ4n) is 3.12. The van der Waals surface area contributed by atoms with Gasteiger partial charge in [0, 0.05) is 48.2 Å². The molecular formula is C24H21N5O3S. The standard InChI is InChI=1S/C24H21N5O3S/c1-33(31,32)22-10-8-21(9-11-22)29-17-19(24(28-29)18-5-4-13-25-15-18)7-12-23(30)27-16-20-6-2-3-14-26-20/h2-15,17H,16H2,1H3,(H,27,30)/b12-7+. The van der Waals surface area contributed by atoms with Gasteiger partial charge in [-0.05, 0) is 54.6 Å². The van der Waals surface area contributed by atoms with Gasteiger partial charge < -0.3 is 5.32 Å². The Morgan fingerprint density at radius 2 is 1.88 bits per heavy atom. The van der Waals surface area contributed by atoms with Crippen LogP contribution < -0.4 is 5.32 Å². The summed E-state index contributed by atoms with van der Waals surface area (Å²) in [6, 6.07) is 15.6. The van der Waals surface area contributed by atoms with E-state index in [0.717, 1.165) is 17.5 Å². The largest absolute Gasteiger partial charge is 0.347 e. The maximum atomic E-state index is 12.3. The van der Waals surface area contributed by atoms with E-state index < -0.39 is 9.84 Å². The first-order valence-electron chi connectivity index (χ1n) is 10.1. The molecular weight excluding hydrogens is 438 g/mol. The second kappa shape index (κ2) is 9.58. The maximum absolute atomic E-state index is 12.3. The van der Waals surface area contributed by atoms with Crippen molar-refractivity contribution in [3.05, 3.63) is 96.7 Å². The Kier molecular flexibility index (Phi) is 6.41. The van der Waals surface area contributed by atoms with E-state index >= 15 is 0 Å². The monoisotopic (exact) mass is 459 g/mol. The topological polar surface area (TPSA) is 107 Å². The van der Waals surface area contributed by atoms with Gasteiger partial charge in [-0.1, -0.05) is 6.07 Å². The number of carbonyl (C=O) groups excluding carboxylic acids is 1. The Balaban J connectivity index is 1.60. The van der Waals surface area contributed by atoms with Gasteiger partial charge in [0.2, 0.25) is 5.91 Å². The molecule has 1 N–H and O–H groups in total. The average molecular weight is 460 g/mol. The lowest BCUT2D eigenvalue weighted by Crippen LogP contribution is -2.20. The number of rotatable bonds is 7. The predicted molar refractivity (Wildman–Crippen MR) is 125 cm³/mol. The van der Waals surface area contributed by atoms with Crippen LogP contribution in [0, 0.1) is 0 Å².